The summed E-state index contributed by atoms with van der Waals surface area (Å²) in [7, 11) is 4.09. The highest BCUT2D eigenvalue weighted by Crippen LogP contribution is 2.25. The summed E-state index contributed by atoms with van der Waals surface area (Å²) in [5.41, 5.74) is 0. The van der Waals surface area contributed by atoms with E-state index in [-0.39, 0.29) is 18.2 Å². The lowest BCUT2D eigenvalue weighted by Gasteiger charge is -2.34. The van der Waals surface area contributed by atoms with E-state index in [4.69, 9.17) is 4.74 Å². The Bertz CT molecular complexity index is 1470. The molecule has 12 heteroatoms. The summed E-state index contributed by atoms with van der Waals surface area (Å²) in [4.78, 5) is 22.5. The maximum absolute atomic E-state index is 12.9. The Morgan fingerprint density at radius 1 is 0.359 bits per heavy atom. The van der Waals surface area contributed by atoms with Crippen LogP contribution < -0.4 is 0 Å². The van der Waals surface area contributed by atoms with Crippen molar-refractivity contribution in [2.75, 3.05) is 96.6 Å². The summed E-state index contributed by atoms with van der Waals surface area (Å²) in [6.45, 7) is 19.9. The summed E-state index contributed by atoms with van der Waals surface area (Å²) in [5.74, 6) is 2.28. The Labute approximate surface area is 580 Å². The van der Waals surface area contributed by atoms with E-state index in [0.29, 0.717) is 52.2 Å². The van der Waals surface area contributed by atoms with Crippen LogP contribution in [0.1, 0.15) is 362 Å². The Morgan fingerprint density at radius 3 is 0.989 bits per heavy atom. The fraction of sp³-hybridized carbons (Fsp3) is 0.938. The van der Waals surface area contributed by atoms with Crippen molar-refractivity contribution in [3.63, 3.8) is 0 Å². The van der Waals surface area contributed by atoms with Gasteiger partial charge in [-0.25, -0.2) is 0 Å². The van der Waals surface area contributed by atoms with Crippen LogP contribution in [0.2, 0.25) is 0 Å². The number of piperazine rings is 1. The van der Waals surface area contributed by atoms with E-state index in [2.05, 4.69) is 71.6 Å². The third-order valence-corrected chi connectivity index (χ3v) is 21.8. The average Bonchev–Trinajstić information content (AvgIpc) is 3.42. The molecule has 1 rings (SSSR count). The summed E-state index contributed by atoms with van der Waals surface area (Å²) in [6, 6.07) is 0. The minimum atomic E-state index is -0.400. The zero-order valence-corrected chi connectivity index (χ0v) is 63.3. The maximum Gasteiger partial charge on any atom is 0.305 e. The van der Waals surface area contributed by atoms with Crippen LogP contribution in [0.15, 0.2) is 24.3 Å². The first-order chi connectivity index (χ1) is 45.2. The molecule has 0 amide bonds. The highest BCUT2D eigenvalue weighted by atomic mass is 33.1. The fourth-order valence-electron chi connectivity index (χ4n) is 13.2. The van der Waals surface area contributed by atoms with Crippen LogP contribution in [0.4, 0.5) is 0 Å². The number of nitrogens with zero attached hydrogens (tertiary/aromatic N) is 4. The van der Waals surface area contributed by atoms with Gasteiger partial charge in [-0.05, 0) is 129 Å². The fourth-order valence-corrected chi connectivity index (χ4v) is 15.4. The molecule has 1 heterocycles. The third kappa shape index (κ3) is 64.0. The summed E-state index contributed by atoms with van der Waals surface area (Å²) in [5, 5.41) is 44.4. The van der Waals surface area contributed by atoms with E-state index in [1.54, 1.807) is 0 Å². The van der Waals surface area contributed by atoms with Crippen LogP contribution in [0.25, 0.3) is 0 Å². The highest BCUT2D eigenvalue weighted by molar-refractivity contribution is 8.76. The molecule has 546 valence electrons. The lowest BCUT2D eigenvalue weighted by Crippen LogP contribution is -2.47. The van der Waals surface area contributed by atoms with Crippen molar-refractivity contribution in [1.29, 1.82) is 0 Å². The number of ether oxygens (including phenoxy) is 1. The number of rotatable bonds is 74. The first-order valence-corrected chi connectivity index (χ1v) is 43.0. The van der Waals surface area contributed by atoms with Crippen LogP contribution in [0.5, 0.6) is 0 Å². The minimum absolute atomic E-state index is 0.135. The Kier molecular flexibility index (Phi) is 69.5. The standard InChI is InChI=1S/C80H158N4O6S2/c1-5-9-13-17-21-25-27-29-31-33-35-39-43-49-56-76(85)72-83(73-77(86)57-50-44-40-36-34-32-30-28-26-22-18-14-10-6-2)62-52-46-54-71-92-91-70-53-45-51-61-81-64-66-82(67-65-81)68-69-90-80(89)60-55-63-84(74-78(87)58-47-41-37-23-19-15-11-7-3)75-79(88)59-48-42-38-24-20-16-12-8-4/h29-32,76-79,85-88H,5-28,33-75H2,1-4H3/b31-29-,32-30-/t76-,77-,78?,79?/m0/s1. The first-order valence-electron chi connectivity index (χ1n) is 40.5. The number of allylic oxidation sites excluding steroid dienone is 4. The molecule has 92 heavy (non-hydrogen) atoms. The van der Waals surface area contributed by atoms with Gasteiger partial charge in [0.05, 0.1) is 24.4 Å². The largest absolute Gasteiger partial charge is 0.464 e. The monoisotopic (exact) mass is 1340 g/mol. The van der Waals surface area contributed by atoms with Gasteiger partial charge in [-0.1, -0.05) is 292 Å². The van der Waals surface area contributed by atoms with Crippen molar-refractivity contribution in [1.82, 2.24) is 19.6 Å². The number of unbranched alkanes of at least 4 members (excludes halogenated alkanes) is 38. The molecule has 1 saturated heterocycles. The van der Waals surface area contributed by atoms with Crippen LogP contribution in [0, 0.1) is 0 Å². The highest BCUT2D eigenvalue weighted by Gasteiger charge is 2.20. The molecule has 0 aliphatic carbocycles. The molecule has 0 aromatic heterocycles. The quantitative estimate of drug-likeness (QED) is 0.0201. The minimum Gasteiger partial charge on any atom is -0.464 e. The SMILES string of the molecule is CCCCCCCC/C=C\CCCCCC[C@H](O)CN(CCCCCSSCCCCCN1CCN(CCOC(=O)CCCN(CC(O)CCCCCCCCCC)CC(O)CCCCCCCCCC)CC1)C[C@@H](O)CCCCCC/C=C\CCCCCCCC. The lowest BCUT2D eigenvalue weighted by atomic mass is 10.0. The van der Waals surface area contributed by atoms with Crippen molar-refractivity contribution < 1.29 is 30.0 Å². The van der Waals surface area contributed by atoms with E-state index in [9.17, 15) is 25.2 Å². The average molecular weight is 1340 g/mol. The molecule has 0 radical (unpaired) electrons. The smallest absolute Gasteiger partial charge is 0.305 e. The molecular formula is C80H158N4O6S2. The number of carbonyl (C=O) groups excluding carboxylic acids is 1. The van der Waals surface area contributed by atoms with Crippen LogP contribution >= 0.6 is 21.6 Å². The molecule has 0 saturated carbocycles. The van der Waals surface area contributed by atoms with Crippen LogP contribution in [0.3, 0.4) is 0 Å². The topological polar surface area (TPSA) is 120 Å². The van der Waals surface area contributed by atoms with E-state index < -0.39 is 12.2 Å². The zero-order chi connectivity index (χ0) is 66.5. The molecule has 4 N–H and O–H groups in total. The Hall–Kier alpha value is -0.670. The van der Waals surface area contributed by atoms with Gasteiger partial charge in [0.25, 0.3) is 0 Å². The molecule has 0 spiro atoms. The molecule has 1 aliphatic heterocycles. The van der Waals surface area contributed by atoms with Crippen molar-refractivity contribution in [3.8, 4) is 0 Å². The van der Waals surface area contributed by atoms with Gasteiger partial charge in [0.2, 0.25) is 0 Å². The molecule has 0 bridgehead atoms. The summed E-state index contributed by atoms with van der Waals surface area (Å²) >= 11 is 0. The van der Waals surface area contributed by atoms with Gasteiger partial charge in [-0.3, -0.25) is 19.5 Å². The van der Waals surface area contributed by atoms with E-state index in [0.717, 1.165) is 97.1 Å². The Balaban J connectivity index is 2.31. The second kappa shape index (κ2) is 71.6. The summed E-state index contributed by atoms with van der Waals surface area (Å²) in [6.07, 6.45) is 70.8. The summed E-state index contributed by atoms with van der Waals surface area (Å²) < 4.78 is 5.74. The number of hydrogen-bond acceptors (Lipinski definition) is 12. The second-order valence-corrected chi connectivity index (χ2v) is 31.2. The van der Waals surface area contributed by atoms with Crippen LogP contribution in [-0.4, -0.2) is 167 Å². The predicted octanol–water partition coefficient (Wildman–Crippen LogP) is 21.1. The number of hydrogen-bond donors (Lipinski definition) is 4. The van der Waals surface area contributed by atoms with Crippen molar-refractivity contribution in [3.05, 3.63) is 24.3 Å². The van der Waals surface area contributed by atoms with Gasteiger partial charge in [0, 0.05) is 76.8 Å². The van der Waals surface area contributed by atoms with Crippen molar-refractivity contribution in [2.24, 2.45) is 0 Å². The molecule has 0 aromatic carbocycles. The van der Waals surface area contributed by atoms with Crippen molar-refractivity contribution >= 4 is 27.6 Å². The van der Waals surface area contributed by atoms with Crippen LogP contribution in [-0.2, 0) is 9.53 Å². The molecule has 0 aromatic rings. The van der Waals surface area contributed by atoms with Gasteiger partial charge in [0.1, 0.15) is 6.61 Å². The van der Waals surface area contributed by atoms with E-state index in [1.807, 2.05) is 21.6 Å². The molecule has 1 fully saturated rings. The molecule has 2 unspecified atom stereocenters. The maximum atomic E-state index is 12.9. The van der Waals surface area contributed by atoms with Gasteiger partial charge >= 0.3 is 5.97 Å². The van der Waals surface area contributed by atoms with Gasteiger partial charge in [0.15, 0.2) is 0 Å². The zero-order valence-electron chi connectivity index (χ0n) is 61.7. The Morgan fingerprint density at radius 2 is 0.641 bits per heavy atom. The molecule has 1 aliphatic rings. The molecule has 10 nitrogen and oxygen atoms in total. The molecule has 4 atom stereocenters. The second-order valence-electron chi connectivity index (χ2n) is 28.5. The van der Waals surface area contributed by atoms with Gasteiger partial charge in [-0.2, -0.15) is 0 Å². The van der Waals surface area contributed by atoms with E-state index in [1.165, 1.54) is 281 Å². The first kappa shape index (κ1) is 89.3. The predicted molar refractivity (Wildman–Crippen MR) is 407 cm³/mol. The van der Waals surface area contributed by atoms with Gasteiger partial charge < -0.3 is 30.1 Å². The number of esters is 1. The lowest BCUT2D eigenvalue weighted by molar-refractivity contribution is -0.144. The number of aliphatic hydroxyl groups is 4. The normalized spacial score (nSPS) is 14.9. The van der Waals surface area contributed by atoms with Crippen molar-refractivity contribution in [2.45, 2.75) is 386 Å². The van der Waals surface area contributed by atoms with E-state index >= 15 is 0 Å². The molecular weight excluding hydrogens is 1180 g/mol. The van der Waals surface area contributed by atoms with Gasteiger partial charge in [-0.15, -0.1) is 0 Å². The number of carbonyl (C=O) groups is 1. The number of aliphatic hydroxyl groups excluding tert-OH is 4. The third-order valence-electron chi connectivity index (χ3n) is 19.2.